The summed E-state index contributed by atoms with van der Waals surface area (Å²) in [6, 6.07) is 20.0. The van der Waals surface area contributed by atoms with Crippen LogP contribution in [0.15, 0.2) is 83.3 Å². The Bertz CT molecular complexity index is 1400. The Balaban J connectivity index is 1.74. The van der Waals surface area contributed by atoms with Gasteiger partial charge in [0.15, 0.2) is 0 Å². The largest absolute Gasteiger partial charge is 0.280 e. The number of carbonyl (C=O) groups excluding carboxylic acids is 2. The smallest absolute Gasteiger partial charge is 0.280 e. The highest BCUT2D eigenvalue weighted by molar-refractivity contribution is 7.92. The number of nitrogens with zero attached hydrogens (tertiary/aromatic N) is 1. The van der Waals surface area contributed by atoms with E-state index in [-0.39, 0.29) is 26.7 Å². The standard InChI is InChI=1S/C23H16Cl2N4O4S/c24-18-7-9-19(10-8-18)29-34(32,33)21-13-16(6-11-20(21)25)22(30)27-28-23(31)17(14-26)12-15-4-2-1-3-5-15/h1-13,29H,(H,27,30)(H,28,31)/b17-12-. The van der Waals surface area contributed by atoms with E-state index in [1.807, 2.05) is 0 Å². The van der Waals surface area contributed by atoms with Gasteiger partial charge in [-0.25, -0.2) is 8.42 Å². The predicted octanol–water partition coefficient (Wildman–Crippen LogP) is 4.16. The Labute approximate surface area is 205 Å². The summed E-state index contributed by atoms with van der Waals surface area (Å²) in [5.41, 5.74) is 4.82. The number of hydrogen-bond donors (Lipinski definition) is 3. The molecule has 3 aromatic rings. The maximum Gasteiger partial charge on any atom is 0.280 e. The highest BCUT2D eigenvalue weighted by Gasteiger charge is 2.21. The van der Waals surface area contributed by atoms with Crippen LogP contribution in [0.4, 0.5) is 5.69 Å². The van der Waals surface area contributed by atoms with Gasteiger partial charge in [-0.05, 0) is 54.1 Å². The molecule has 8 nitrogen and oxygen atoms in total. The van der Waals surface area contributed by atoms with Crippen molar-refractivity contribution in [3.8, 4) is 6.07 Å². The zero-order valence-corrected chi connectivity index (χ0v) is 19.6. The van der Waals surface area contributed by atoms with Crippen molar-refractivity contribution < 1.29 is 18.0 Å². The van der Waals surface area contributed by atoms with Crippen molar-refractivity contribution in [3.63, 3.8) is 0 Å². The summed E-state index contributed by atoms with van der Waals surface area (Å²) in [5, 5.41) is 9.56. The van der Waals surface area contributed by atoms with Crippen molar-refractivity contribution in [3.05, 3.63) is 99.5 Å². The zero-order valence-electron chi connectivity index (χ0n) is 17.2. The van der Waals surface area contributed by atoms with Gasteiger partial charge in [-0.2, -0.15) is 5.26 Å². The van der Waals surface area contributed by atoms with Crippen LogP contribution in [0.5, 0.6) is 0 Å². The number of nitriles is 1. The second kappa shape index (κ2) is 10.9. The van der Waals surface area contributed by atoms with Gasteiger partial charge in [0, 0.05) is 16.3 Å². The van der Waals surface area contributed by atoms with Gasteiger partial charge in [0.2, 0.25) is 0 Å². The number of sulfonamides is 1. The van der Waals surface area contributed by atoms with Crippen molar-refractivity contribution in [2.45, 2.75) is 4.90 Å². The van der Waals surface area contributed by atoms with Crippen LogP contribution in [0, 0.1) is 11.3 Å². The number of hydrazine groups is 1. The molecule has 0 aromatic heterocycles. The fourth-order valence-corrected chi connectivity index (χ4v) is 4.41. The number of amides is 2. The van der Waals surface area contributed by atoms with Crippen molar-refractivity contribution in [1.82, 2.24) is 10.9 Å². The lowest BCUT2D eigenvalue weighted by atomic mass is 10.1. The van der Waals surface area contributed by atoms with Crippen molar-refractivity contribution in [1.29, 1.82) is 5.26 Å². The summed E-state index contributed by atoms with van der Waals surface area (Å²) in [4.78, 5) is 24.4. The number of anilines is 1. The third kappa shape index (κ3) is 6.36. The van der Waals surface area contributed by atoms with Gasteiger partial charge in [-0.3, -0.25) is 25.2 Å². The summed E-state index contributed by atoms with van der Waals surface area (Å²) >= 11 is 11.9. The highest BCUT2D eigenvalue weighted by Crippen LogP contribution is 2.25. The van der Waals surface area contributed by atoms with Crippen LogP contribution in [0.1, 0.15) is 15.9 Å². The molecule has 172 valence electrons. The van der Waals surface area contributed by atoms with E-state index in [4.69, 9.17) is 23.2 Å². The van der Waals surface area contributed by atoms with E-state index in [1.54, 1.807) is 36.4 Å². The van der Waals surface area contributed by atoms with Crippen LogP contribution < -0.4 is 15.6 Å². The normalized spacial score (nSPS) is 11.3. The number of rotatable bonds is 6. The summed E-state index contributed by atoms with van der Waals surface area (Å²) in [6.45, 7) is 0. The van der Waals surface area contributed by atoms with Crippen LogP contribution in [0.2, 0.25) is 10.0 Å². The molecular weight excluding hydrogens is 499 g/mol. The first kappa shape index (κ1) is 24.8. The topological polar surface area (TPSA) is 128 Å². The second-order valence-electron chi connectivity index (χ2n) is 6.75. The predicted molar refractivity (Wildman–Crippen MR) is 129 cm³/mol. The first-order valence-corrected chi connectivity index (χ1v) is 11.8. The molecule has 34 heavy (non-hydrogen) atoms. The van der Waals surface area contributed by atoms with Gasteiger partial charge in [0.1, 0.15) is 16.5 Å². The van der Waals surface area contributed by atoms with E-state index in [9.17, 15) is 23.3 Å². The molecule has 0 fully saturated rings. The van der Waals surface area contributed by atoms with E-state index in [1.165, 1.54) is 42.5 Å². The van der Waals surface area contributed by atoms with Crippen molar-refractivity contribution >= 4 is 56.8 Å². The SMILES string of the molecule is N#C/C(=C/c1ccccc1)C(=O)NNC(=O)c1ccc(Cl)c(S(=O)(=O)Nc2ccc(Cl)cc2)c1. The average Bonchev–Trinajstić information content (AvgIpc) is 2.83. The van der Waals surface area contributed by atoms with Crippen LogP contribution >= 0.6 is 23.2 Å². The minimum atomic E-state index is -4.14. The third-order valence-corrected chi connectivity index (χ3v) is 6.46. The van der Waals surface area contributed by atoms with Crippen LogP contribution in [-0.4, -0.2) is 20.2 Å². The Hall–Kier alpha value is -3.84. The van der Waals surface area contributed by atoms with Gasteiger partial charge in [-0.1, -0.05) is 53.5 Å². The molecule has 3 rings (SSSR count). The average molecular weight is 515 g/mol. The monoisotopic (exact) mass is 514 g/mol. The molecule has 0 heterocycles. The Morgan fingerprint density at radius 3 is 2.24 bits per heavy atom. The van der Waals surface area contributed by atoms with Crippen LogP contribution in [0.3, 0.4) is 0 Å². The molecule has 0 saturated carbocycles. The Morgan fingerprint density at radius 2 is 1.59 bits per heavy atom. The molecule has 3 N–H and O–H groups in total. The van der Waals surface area contributed by atoms with Gasteiger partial charge >= 0.3 is 0 Å². The quantitative estimate of drug-likeness (QED) is 0.258. The lowest BCUT2D eigenvalue weighted by Gasteiger charge is -2.12. The third-order valence-electron chi connectivity index (χ3n) is 4.34. The molecule has 0 unspecified atom stereocenters. The van der Waals surface area contributed by atoms with E-state index >= 15 is 0 Å². The molecule has 0 bridgehead atoms. The Kier molecular flexibility index (Phi) is 7.91. The Morgan fingerprint density at radius 1 is 0.912 bits per heavy atom. The molecule has 0 atom stereocenters. The summed E-state index contributed by atoms with van der Waals surface area (Å²) in [6.07, 6.45) is 1.36. The second-order valence-corrected chi connectivity index (χ2v) is 9.24. The van der Waals surface area contributed by atoms with Gasteiger partial charge < -0.3 is 0 Å². The fourth-order valence-electron chi connectivity index (χ4n) is 2.70. The van der Waals surface area contributed by atoms with Crippen molar-refractivity contribution in [2.24, 2.45) is 0 Å². The minimum absolute atomic E-state index is 0.0910. The number of hydrogen-bond acceptors (Lipinski definition) is 5. The highest BCUT2D eigenvalue weighted by atomic mass is 35.5. The molecular formula is C23H16Cl2N4O4S. The fraction of sp³-hybridized carbons (Fsp3) is 0. The number of carbonyl (C=O) groups is 2. The molecule has 0 aliphatic carbocycles. The maximum atomic E-state index is 12.8. The van der Waals surface area contributed by atoms with Crippen molar-refractivity contribution in [2.75, 3.05) is 4.72 Å². The molecule has 2 amide bonds. The minimum Gasteiger partial charge on any atom is -0.280 e. The van der Waals surface area contributed by atoms with Gasteiger partial charge in [0.25, 0.3) is 21.8 Å². The molecule has 0 saturated heterocycles. The number of benzene rings is 3. The molecule has 11 heteroatoms. The van der Waals surface area contributed by atoms with E-state index in [0.717, 1.165) is 6.07 Å². The van der Waals surface area contributed by atoms with Gasteiger partial charge in [-0.15, -0.1) is 0 Å². The molecule has 0 aliphatic rings. The zero-order chi connectivity index (χ0) is 24.7. The summed E-state index contributed by atoms with van der Waals surface area (Å²) in [7, 11) is -4.14. The molecule has 3 aromatic carbocycles. The summed E-state index contributed by atoms with van der Waals surface area (Å²) in [5.74, 6) is -1.66. The molecule has 0 aliphatic heterocycles. The van der Waals surface area contributed by atoms with Crippen LogP contribution in [0.25, 0.3) is 6.08 Å². The maximum absolute atomic E-state index is 12.8. The summed E-state index contributed by atoms with van der Waals surface area (Å²) < 4.78 is 27.9. The van der Waals surface area contributed by atoms with E-state index in [0.29, 0.717) is 10.6 Å². The van der Waals surface area contributed by atoms with E-state index in [2.05, 4.69) is 15.6 Å². The number of halogens is 2. The first-order chi connectivity index (χ1) is 16.2. The van der Waals surface area contributed by atoms with Crippen LogP contribution in [-0.2, 0) is 14.8 Å². The van der Waals surface area contributed by atoms with E-state index < -0.39 is 21.8 Å². The lowest BCUT2D eigenvalue weighted by molar-refractivity contribution is -0.117. The molecule has 0 spiro atoms. The lowest BCUT2D eigenvalue weighted by Crippen LogP contribution is -2.42. The van der Waals surface area contributed by atoms with Gasteiger partial charge in [0.05, 0.1) is 5.02 Å². The number of nitrogens with one attached hydrogen (secondary N) is 3. The molecule has 0 radical (unpaired) electrons. The first-order valence-electron chi connectivity index (χ1n) is 9.55.